The van der Waals surface area contributed by atoms with E-state index < -0.39 is 6.16 Å². The lowest BCUT2D eigenvalue weighted by molar-refractivity contribution is -0.115. The summed E-state index contributed by atoms with van der Waals surface area (Å²) in [5, 5.41) is 11.7. The molecule has 3 aromatic carbocycles. The predicted octanol–water partition coefficient (Wildman–Crippen LogP) is 5.77. The van der Waals surface area contributed by atoms with Gasteiger partial charge in [-0.3, -0.25) is 9.69 Å². The van der Waals surface area contributed by atoms with Gasteiger partial charge in [0.25, 0.3) is 0 Å². The standard InChI is InChI=1S/C31H34FN3O6/c1-3-39-27-15-20(16-28(40-4-2)30(27)21-5-7-22(32)8-6-21)18-34-13-11-23(12-14-34)35-19-29(36)33-25-17-24(41-31(37)38)9-10-26(25)35/h5-10,15-17,23H,3-4,11-14,18-19H2,1-2H3,(H,33,36)(H,37,38). The van der Waals surface area contributed by atoms with Gasteiger partial charge in [-0.15, -0.1) is 0 Å². The fraction of sp³-hybridized carbons (Fsp3) is 0.355. The molecule has 0 spiro atoms. The Hall–Kier alpha value is -4.31. The number of benzene rings is 3. The summed E-state index contributed by atoms with van der Waals surface area (Å²) in [6.45, 7) is 7.49. The summed E-state index contributed by atoms with van der Waals surface area (Å²) in [6, 6.07) is 15.5. The number of fused-ring (bicyclic) bond motifs is 1. The first-order valence-corrected chi connectivity index (χ1v) is 13.9. The Morgan fingerprint density at radius 3 is 2.27 bits per heavy atom. The molecular weight excluding hydrogens is 529 g/mol. The van der Waals surface area contributed by atoms with Gasteiger partial charge in [-0.1, -0.05) is 12.1 Å². The van der Waals surface area contributed by atoms with E-state index in [1.165, 1.54) is 12.1 Å². The Labute approximate surface area is 238 Å². The Morgan fingerprint density at radius 2 is 1.66 bits per heavy atom. The van der Waals surface area contributed by atoms with Gasteiger partial charge in [-0.25, -0.2) is 9.18 Å². The highest BCUT2D eigenvalue weighted by Gasteiger charge is 2.31. The average Bonchev–Trinajstić information content (AvgIpc) is 2.94. The smallest absolute Gasteiger partial charge is 0.493 e. The van der Waals surface area contributed by atoms with Crippen LogP contribution in [0.3, 0.4) is 0 Å². The van der Waals surface area contributed by atoms with Crippen molar-refractivity contribution in [2.75, 3.05) is 43.1 Å². The van der Waals surface area contributed by atoms with Crippen LogP contribution in [0.5, 0.6) is 17.2 Å². The Morgan fingerprint density at radius 1 is 1.00 bits per heavy atom. The quantitative estimate of drug-likeness (QED) is 0.250. The number of piperidine rings is 1. The van der Waals surface area contributed by atoms with Gasteiger partial charge >= 0.3 is 6.16 Å². The zero-order valence-electron chi connectivity index (χ0n) is 23.2. The van der Waals surface area contributed by atoms with E-state index in [-0.39, 0.29) is 30.1 Å². The van der Waals surface area contributed by atoms with Crippen LogP contribution in [-0.4, -0.2) is 61.0 Å². The van der Waals surface area contributed by atoms with E-state index in [1.807, 2.05) is 26.0 Å². The van der Waals surface area contributed by atoms with Crippen LogP contribution in [0.15, 0.2) is 54.6 Å². The largest absolute Gasteiger partial charge is 0.511 e. The number of carbonyl (C=O) groups is 2. The SMILES string of the molecule is CCOc1cc(CN2CCC(N3CC(=O)Nc4cc(OC(=O)O)ccc43)CC2)cc(OCC)c1-c1ccc(F)cc1. The number of carbonyl (C=O) groups excluding carboxylic acids is 1. The second-order valence-corrected chi connectivity index (χ2v) is 10.1. The maximum Gasteiger partial charge on any atom is 0.511 e. The van der Waals surface area contributed by atoms with Gasteiger partial charge < -0.3 is 29.5 Å². The third-order valence-electron chi connectivity index (χ3n) is 7.33. The maximum absolute atomic E-state index is 13.6. The van der Waals surface area contributed by atoms with Crippen LogP contribution in [0.2, 0.25) is 0 Å². The Balaban J connectivity index is 1.31. The van der Waals surface area contributed by atoms with Crippen molar-refractivity contribution in [1.82, 2.24) is 4.90 Å². The maximum atomic E-state index is 13.6. The second-order valence-electron chi connectivity index (χ2n) is 10.1. The molecule has 5 rings (SSSR count). The molecule has 0 atom stereocenters. The van der Waals surface area contributed by atoms with Crippen LogP contribution < -0.4 is 24.4 Å². The van der Waals surface area contributed by atoms with E-state index in [2.05, 4.69) is 15.1 Å². The Bertz CT molecular complexity index is 1380. The van der Waals surface area contributed by atoms with E-state index in [9.17, 15) is 14.0 Å². The molecule has 10 heteroatoms. The van der Waals surface area contributed by atoms with Gasteiger partial charge in [-0.2, -0.15) is 0 Å². The molecule has 0 aromatic heterocycles. The van der Waals surface area contributed by atoms with Crippen molar-refractivity contribution in [2.45, 2.75) is 39.3 Å². The zero-order chi connectivity index (χ0) is 28.9. The van der Waals surface area contributed by atoms with Crippen molar-refractivity contribution in [2.24, 2.45) is 0 Å². The number of halogens is 1. The van der Waals surface area contributed by atoms with Crippen LogP contribution in [0.1, 0.15) is 32.3 Å². The molecule has 0 saturated carbocycles. The number of nitrogens with zero attached hydrogens (tertiary/aromatic N) is 2. The molecule has 2 aliphatic rings. The van der Waals surface area contributed by atoms with E-state index in [4.69, 9.17) is 19.3 Å². The molecule has 216 valence electrons. The lowest BCUT2D eigenvalue weighted by atomic mass is 9.98. The fourth-order valence-corrected chi connectivity index (χ4v) is 5.61. The normalized spacial score (nSPS) is 15.7. The predicted molar refractivity (Wildman–Crippen MR) is 154 cm³/mol. The van der Waals surface area contributed by atoms with Gasteiger partial charge in [0.05, 0.1) is 36.7 Å². The number of carboxylic acid groups (broad SMARTS) is 1. The van der Waals surface area contributed by atoms with Crippen molar-refractivity contribution in [1.29, 1.82) is 0 Å². The summed E-state index contributed by atoms with van der Waals surface area (Å²) in [5.41, 5.74) is 4.12. The molecule has 41 heavy (non-hydrogen) atoms. The summed E-state index contributed by atoms with van der Waals surface area (Å²) in [4.78, 5) is 27.9. The number of hydrogen-bond acceptors (Lipinski definition) is 7. The number of likely N-dealkylation sites (tertiary alicyclic amines) is 1. The topological polar surface area (TPSA) is 101 Å². The molecule has 0 aliphatic carbocycles. The first-order valence-electron chi connectivity index (χ1n) is 13.9. The first kappa shape index (κ1) is 28.2. The molecule has 0 radical (unpaired) electrons. The minimum Gasteiger partial charge on any atom is -0.493 e. The van der Waals surface area contributed by atoms with Crippen molar-refractivity contribution < 1.29 is 33.3 Å². The minimum atomic E-state index is -1.40. The number of ether oxygens (including phenoxy) is 3. The molecule has 1 amide bonds. The molecule has 2 heterocycles. The highest BCUT2D eigenvalue weighted by atomic mass is 19.1. The van der Waals surface area contributed by atoms with Crippen molar-refractivity contribution in [3.05, 3.63) is 66.0 Å². The van der Waals surface area contributed by atoms with Crippen LogP contribution >= 0.6 is 0 Å². The number of anilines is 2. The van der Waals surface area contributed by atoms with Crippen LogP contribution in [0, 0.1) is 5.82 Å². The second kappa shape index (κ2) is 12.5. The number of hydrogen-bond donors (Lipinski definition) is 2. The van der Waals surface area contributed by atoms with Gasteiger partial charge in [-0.05, 0) is 74.2 Å². The fourth-order valence-electron chi connectivity index (χ4n) is 5.61. The zero-order valence-corrected chi connectivity index (χ0v) is 23.2. The molecule has 1 fully saturated rings. The summed E-state index contributed by atoms with van der Waals surface area (Å²) >= 11 is 0. The van der Waals surface area contributed by atoms with Crippen LogP contribution in [0.4, 0.5) is 20.6 Å². The van der Waals surface area contributed by atoms with Crippen molar-refractivity contribution in [3.63, 3.8) is 0 Å². The minimum absolute atomic E-state index is 0.138. The van der Waals surface area contributed by atoms with E-state index in [0.29, 0.717) is 36.9 Å². The Kier molecular flexibility index (Phi) is 8.58. The van der Waals surface area contributed by atoms with Crippen LogP contribution in [0.25, 0.3) is 11.1 Å². The summed E-state index contributed by atoms with van der Waals surface area (Å²) in [7, 11) is 0. The number of nitrogens with one attached hydrogen (secondary N) is 1. The average molecular weight is 564 g/mol. The van der Waals surface area contributed by atoms with E-state index in [0.717, 1.165) is 48.3 Å². The highest BCUT2D eigenvalue weighted by molar-refractivity contribution is 6.01. The third-order valence-corrected chi connectivity index (χ3v) is 7.33. The summed E-state index contributed by atoms with van der Waals surface area (Å²) < 4.78 is 30.4. The molecular formula is C31H34FN3O6. The van der Waals surface area contributed by atoms with Gasteiger partial charge in [0.2, 0.25) is 5.91 Å². The summed E-state index contributed by atoms with van der Waals surface area (Å²) in [6.07, 6.45) is 0.331. The number of amides is 1. The lowest BCUT2D eigenvalue weighted by Gasteiger charge is -2.42. The van der Waals surface area contributed by atoms with E-state index in [1.54, 1.807) is 30.3 Å². The molecule has 9 nitrogen and oxygen atoms in total. The molecule has 0 bridgehead atoms. The lowest BCUT2D eigenvalue weighted by Crippen LogP contribution is -2.49. The van der Waals surface area contributed by atoms with Gasteiger partial charge in [0, 0.05) is 31.7 Å². The summed E-state index contributed by atoms with van der Waals surface area (Å²) in [5.74, 6) is 1.14. The van der Waals surface area contributed by atoms with Gasteiger partial charge in [0.1, 0.15) is 23.1 Å². The molecule has 2 aliphatic heterocycles. The van der Waals surface area contributed by atoms with Crippen molar-refractivity contribution >= 4 is 23.4 Å². The third kappa shape index (κ3) is 6.54. The number of rotatable bonds is 9. The molecule has 0 unspecified atom stereocenters. The van der Waals surface area contributed by atoms with Crippen LogP contribution in [-0.2, 0) is 11.3 Å². The van der Waals surface area contributed by atoms with Gasteiger partial charge in [0.15, 0.2) is 0 Å². The molecule has 3 aromatic rings. The van der Waals surface area contributed by atoms with E-state index >= 15 is 0 Å². The van der Waals surface area contributed by atoms with Crippen molar-refractivity contribution in [3.8, 4) is 28.4 Å². The monoisotopic (exact) mass is 563 g/mol. The highest BCUT2D eigenvalue weighted by Crippen LogP contribution is 2.41. The first-order chi connectivity index (χ1) is 19.8. The molecule has 2 N–H and O–H groups in total. The molecule has 1 saturated heterocycles.